The molecule has 1 aliphatic carbocycles. The van der Waals surface area contributed by atoms with Crippen LogP contribution in [-0.4, -0.2) is 44.2 Å². The van der Waals surface area contributed by atoms with Crippen molar-refractivity contribution in [2.24, 2.45) is 0 Å². The molecule has 10 heteroatoms. The van der Waals surface area contributed by atoms with Gasteiger partial charge in [0.1, 0.15) is 17.1 Å². The third kappa shape index (κ3) is 4.82. The Hall–Kier alpha value is -3.17. The lowest BCUT2D eigenvalue weighted by Crippen LogP contribution is -2.20. The minimum absolute atomic E-state index is 0.0543. The highest BCUT2D eigenvalue weighted by molar-refractivity contribution is 6.26. The van der Waals surface area contributed by atoms with Crippen molar-refractivity contribution in [3.05, 3.63) is 52.8 Å². The van der Waals surface area contributed by atoms with Gasteiger partial charge < -0.3 is 9.84 Å². The summed E-state index contributed by atoms with van der Waals surface area (Å²) in [6.07, 6.45) is 0.510. The SMILES string of the molecule is Cc1c(OCC(F)(F)F)ccnc1Cn1cc(C(=O)C2=C(O)CCCC2=O)cn1. The van der Waals surface area contributed by atoms with Crippen LogP contribution in [0.3, 0.4) is 0 Å². The van der Waals surface area contributed by atoms with Crippen molar-refractivity contribution >= 4 is 11.6 Å². The zero-order valence-electron chi connectivity index (χ0n) is 15.5. The number of hydrogen-bond donors (Lipinski definition) is 1. The molecule has 0 spiro atoms. The smallest absolute Gasteiger partial charge is 0.422 e. The van der Waals surface area contributed by atoms with Gasteiger partial charge in [0.05, 0.1) is 24.0 Å². The Morgan fingerprint density at radius 1 is 1.34 bits per heavy atom. The number of nitrogens with zero attached hydrogens (tertiary/aromatic N) is 3. The molecule has 0 bridgehead atoms. The maximum absolute atomic E-state index is 12.6. The van der Waals surface area contributed by atoms with E-state index in [9.17, 15) is 27.9 Å². The fourth-order valence-electron chi connectivity index (χ4n) is 2.98. The van der Waals surface area contributed by atoms with E-state index in [-0.39, 0.29) is 42.0 Å². The molecule has 0 saturated carbocycles. The second-order valence-electron chi connectivity index (χ2n) is 6.64. The molecule has 0 saturated heterocycles. The van der Waals surface area contributed by atoms with Gasteiger partial charge in [0.2, 0.25) is 5.78 Å². The van der Waals surface area contributed by atoms with Gasteiger partial charge in [-0.05, 0) is 19.4 Å². The van der Waals surface area contributed by atoms with Crippen LogP contribution in [0.5, 0.6) is 5.75 Å². The summed E-state index contributed by atoms with van der Waals surface area (Å²) in [5, 5.41) is 13.9. The highest BCUT2D eigenvalue weighted by atomic mass is 19.4. The van der Waals surface area contributed by atoms with Gasteiger partial charge in [-0.2, -0.15) is 18.3 Å². The van der Waals surface area contributed by atoms with E-state index in [0.717, 1.165) is 0 Å². The van der Waals surface area contributed by atoms with E-state index in [1.54, 1.807) is 6.92 Å². The molecule has 0 aliphatic heterocycles. The molecule has 154 valence electrons. The third-order valence-corrected chi connectivity index (χ3v) is 4.47. The standard InChI is InChI=1S/C19H18F3N3O4/c1-11-13(23-6-5-16(11)29-10-19(20,21)22)9-25-8-12(7-24-25)18(28)17-14(26)3-2-4-15(17)27/h5-8,26H,2-4,9-10H2,1H3. The van der Waals surface area contributed by atoms with Crippen molar-refractivity contribution < 1.29 is 32.6 Å². The first-order valence-corrected chi connectivity index (χ1v) is 8.82. The molecule has 0 aromatic carbocycles. The quantitative estimate of drug-likeness (QED) is 0.581. The molecule has 29 heavy (non-hydrogen) atoms. The second kappa shape index (κ2) is 8.06. The van der Waals surface area contributed by atoms with E-state index in [4.69, 9.17) is 4.74 Å². The first kappa shape index (κ1) is 20.6. The summed E-state index contributed by atoms with van der Waals surface area (Å²) in [5.74, 6) is -1.17. The lowest BCUT2D eigenvalue weighted by Gasteiger charge is -2.13. The third-order valence-electron chi connectivity index (χ3n) is 4.47. The van der Waals surface area contributed by atoms with Crippen LogP contribution in [0.4, 0.5) is 13.2 Å². The van der Waals surface area contributed by atoms with Crippen LogP contribution in [0.25, 0.3) is 0 Å². The first-order chi connectivity index (χ1) is 13.7. The van der Waals surface area contributed by atoms with Crippen LogP contribution in [0.1, 0.15) is 40.9 Å². The number of allylic oxidation sites excluding steroid dienone is 2. The van der Waals surface area contributed by atoms with Crippen LogP contribution < -0.4 is 4.74 Å². The summed E-state index contributed by atoms with van der Waals surface area (Å²) in [7, 11) is 0. The van der Waals surface area contributed by atoms with Crippen molar-refractivity contribution in [1.82, 2.24) is 14.8 Å². The highest BCUT2D eigenvalue weighted by Gasteiger charge is 2.29. The molecule has 0 atom stereocenters. The number of ketones is 2. The summed E-state index contributed by atoms with van der Waals surface area (Å²) in [4.78, 5) is 28.7. The molecule has 1 aliphatic rings. The van der Waals surface area contributed by atoms with Crippen molar-refractivity contribution in [3.63, 3.8) is 0 Å². The summed E-state index contributed by atoms with van der Waals surface area (Å²) < 4.78 is 43.3. The molecule has 3 rings (SSSR count). The number of pyridine rings is 1. The average molecular weight is 409 g/mol. The van der Waals surface area contributed by atoms with Crippen molar-refractivity contribution in [3.8, 4) is 5.75 Å². The van der Waals surface area contributed by atoms with Crippen molar-refractivity contribution in [2.75, 3.05) is 6.61 Å². The maximum Gasteiger partial charge on any atom is 0.422 e. The van der Waals surface area contributed by atoms with Crippen LogP contribution in [0, 0.1) is 6.92 Å². The summed E-state index contributed by atoms with van der Waals surface area (Å²) in [5.41, 5.74) is 0.752. The number of Topliss-reactive ketones (excluding diaryl/α,β-unsaturated/α-hetero) is 2. The van der Waals surface area contributed by atoms with Crippen LogP contribution in [0.2, 0.25) is 0 Å². The molecule has 7 nitrogen and oxygen atoms in total. The van der Waals surface area contributed by atoms with Gasteiger partial charge in [-0.3, -0.25) is 19.3 Å². The number of aliphatic hydroxyl groups is 1. The second-order valence-corrected chi connectivity index (χ2v) is 6.64. The van der Waals surface area contributed by atoms with E-state index >= 15 is 0 Å². The Morgan fingerprint density at radius 2 is 2.10 bits per heavy atom. The van der Waals surface area contributed by atoms with Gasteiger partial charge in [0, 0.05) is 30.8 Å². The average Bonchev–Trinajstić information content (AvgIpc) is 3.10. The fourth-order valence-corrected chi connectivity index (χ4v) is 2.98. The first-order valence-electron chi connectivity index (χ1n) is 8.82. The number of alkyl halides is 3. The summed E-state index contributed by atoms with van der Waals surface area (Å²) in [6.45, 7) is 0.249. The molecular formula is C19H18F3N3O4. The Kier molecular flexibility index (Phi) is 5.71. The zero-order chi connectivity index (χ0) is 21.2. The Balaban J connectivity index is 1.77. The molecule has 0 amide bonds. The van der Waals surface area contributed by atoms with Crippen LogP contribution in [0.15, 0.2) is 36.0 Å². The Bertz CT molecular complexity index is 979. The number of ether oxygens (including phenoxy) is 1. The van der Waals surface area contributed by atoms with E-state index < -0.39 is 24.3 Å². The van der Waals surface area contributed by atoms with Gasteiger partial charge in [0.15, 0.2) is 12.4 Å². The molecule has 1 N–H and O–H groups in total. The number of halogens is 3. The largest absolute Gasteiger partial charge is 0.511 e. The molecule has 0 radical (unpaired) electrons. The predicted octanol–water partition coefficient (Wildman–Crippen LogP) is 3.32. The molecular weight excluding hydrogens is 391 g/mol. The van der Waals surface area contributed by atoms with Gasteiger partial charge in [0.25, 0.3) is 0 Å². The van der Waals surface area contributed by atoms with Crippen LogP contribution >= 0.6 is 0 Å². The Labute approximate surface area is 163 Å². The van der Waals surface area contributed by atoms with E-state index in [1.165, 1.54) is 29.3 Å². The van der Waals surface area contributed by atoms with E-state index in [2.05, 4.69) is 10.1 Å². The lowest BCUT2D eigenvalue weighted by molar-refractivity contribution is -0.153. The minimum atomic E-state index is -4.45. The number of hydrogen-bond acceptors (Lipinski definition) is 6. The summed E-state index contributed by atoms with van der Waals surface area (Å²) in [6, 6.07) is 1.34. The van der Waals surface area contributed by atoms with Gasteiger partial charge in [-0.25, -0.2) is 0 Å². The fraction of sp³-hybridized carbons (Fsp3) is 0.368. The number of aliphatic hydroxyl groups excluding tert-OH is 1. The number of rotatable bonds is 6. The van der Waals surface area contributed by atoms with Gasteiger partial charge in [-0.1, -0.05) is 0 Å². The lowest BCUT2D eigenvalue weighted by atomic mass is 9.91. The number of carbonyl (C=O) groups excluding carboxylic acids is 2. The van der Waals surface area contributed by atoms with Crippen LogP contribution in [-0.2, 0) is 11.3 Å². The van der Waals surface area contributed by atoms with Crippen molar-refractivity contribution in [2.45, 2.75) is 38.9 Å². The summed E-state index contributed by atoms with van der Waals surface area (Å²) >= 11 is 0. The van der Waals surface area contributed by atoms with E-state index in [0.29, 0.717) is 17.7 Å². The topological polar surface area (TPSA) is 94.3 Å². The van der Waals surface area contributed by atoms with Crippen molar-refractivity contribution in [1.29, 1.82) is 0 Å². The predicted molar refractivity (Wildman–Crippen MR) is 94.7 cm³/mol. The normalized spacial score (nSPS) is 15.0. The minimum Gasteiger partial charge on any atom is -0.511 e. The van der Waals surface area contributed by atoms with Gasteiger partial charge >= 0.3 is 6.18 Å². The molecule has 2 heterocycles. The Morgan fingerprint density at radius 3 is 2.79 bits per heavy atom. The molecule has 0 fully saturated rings. The number of carbonyl (C=O) groups is 2. The molecule has 0 unspecified atom stereocenters. The maximum atomic E-state index is 12.6. The highest BCUT2D eigenvalue weighted by Crippen LogP contribution is 2.25. The molecule has 2 aromatic heterocycles. The molecule has 2 aromatic rings. The zero-order valence-corrected chi connectivity index (χ0v) is 15.5. The van der Waals surface area contributed by atoms with E-state index in [1.807, 2.05) is 0 Å². The number of aromatic nitrogens is 3. The monoisotopic (exact) mass is 409 g/mol. The van der Waals surface area contributed by atoms with Gasteiger partial charge in [-0.15, -0.1) is 0 Å².